The van der Waals surface area contributed by atoms with Crippen molar-refractivity contribution in [2.24, 2.45) is 0 Å². The van der Waals surface area contributed by atoms with Gasteiger partial charge in [0.2, 0.25) is 0 Å². The Morgan fingerprint density at radius 1 is 1.71 bits per heavy atom. The second kappa shape index (κ2) is 6.21. The molecule has 1 rings (SSSR count). The van der Waals surface area contributed by atoms with Crippen LogP contribution in [0.3, 0.4) is 0 Å². The molecule has 1 aromatic carbocycles. The molecule has 1 N–H and O–H groups in total. The third-order valence-electron chi connectivity index (χ3n) is 2.05. The average molecular weight is 301 g/mol. The highest BCUT2D eigenvalue weighted by Gasteiger charge is 2.16. The highest BCUT2D eigenvalue weighted by molar-refractivity contribution is 9.10. The molecule has 0 spiro atoms. The Morgan fingerprint density at radius 3 is 3.00 bits per heavy atom. The fourth-order valence-corrected chi connectivity index (χ4v) is 1.54. The first kappa shape index (κ1) is 13.5. The van der Waals surface area contributed by atoms with Crippen LogP contribution < -0.4 is 5.32 Å². The van der Waals surface area contributed by atoms with E-state index in [-0.39, 0.29) is 12.1 Å². The summed E-state index contributed by atoms with van der Waals surface area (Å²) < 4.78 is 17.7. The van der Waals surface area contributed by atoms with Crippen molar-refractivity contribution in [1.82, 2.24) is 0 Å². The molecule has 17 heavy (non-hydrogen) atoms. The number of carbonyl (C=O) groups excluding carboxylic acids is 1. The molecule has 0 radical (unpaired) electrons. The molecule has 0 amide bonds. The van der Waals surface area contributed by atoms with Crippen molar-refractivity contribution in [2.45, 2.75) is 4.83 Å². The average Bonchev–Trinajstić information content (AvgIpc) is 2.34. The smallest absolute Gasteiger partial charge is 0.321 e. The van der Waals surface area contributed by atoms with E-state index in [2.05, 4.69) is 26.0 Å². The maximum Gasteiger partial charge on any atom is 0.321 e. The van der Waals surface area contributed by atoms with Crippen LogP contribution >= 0.6 is 15.9 Å². The van der Waals surface area contributed by atoms with Gasteiger partial charge in [0, 0.05) is 6.54 Å². The van der Waals surface area contributed by atoms with Crippen molar-refractivity contribution in [3.63, 3.8) is 0 Å². The van der Waals surface area contributed by atoms with Crippen LogP contribution in [0.1, 0.15) is 5.56 Å². The Labute approximate surface area is 107 Å². The van der Waals surface area contributed by atoms with Crippen LogP contribution in [-0.4, -0.2) is 24.5 Å². The molecule has 0 aliphatic heterocycles. The number of benzene rings is 1. The number of alkyl halides is 1. The third-order valence-corrected chi connectivity index (χ3v) is 2.75. The number of ether oxygens (including phenoxy) is 1. The Morgan fingerprint density at radius 2 is 2.41 bits per heavy atom. The third kappa shape index (κ3) is 3.43. The molecule has 0 saturated carbocycles. The minimum Gasteiger partial charge on any atom is -0.468 e. The van der Waals surface area contributed by atoms with Gasteiger partial charge < -0.3 is 10.1 Å². The SMILES string of the molecule is COC(=O)C(Br)CNc1cccc(F)c1C#N. The van der Waals surface area contributed by atoms with Crippen molar-refractivity contribution >= 4 is 27.6 Å². The van der Waals surface area contributed by atoms with Crippen molar-refractivity contribution < 1.29 is 13.9 Å². The van der Waals surface area contributed by atoms with Crippen molar-refractivity contribution in [2.75, 3.05) is 19.0 Å². The molecule has 6 heteroatoms. The van der Waals surface area contributed by atoms with Crippen molar-refractivity contribution in [1.29, 1.82) is 5.26 Å². The number of nitrogens with one attached hydrogen (secondary N) is 1. The molecule has 0 saturated heterocycles. The second-order valence-electron chi connectivity index (χ2n) is 3.15. The molecule has 0 aliphatic rings. The van der Waals surface area contributed by atoms with Gasteiger partial charge in [-0.15, -0.1) is 0 Å². The molecule has 0 fully saturated rings. The van der Waals surface area contributed by atoms with E-state index in [1.54, 1.807) is 12.1 Å². The van der Waals surface area contributed by atoms with Crippen LogP contribution in [0.5, 0.6) is 0 Å². The first-order chi connectivity index (χ1) is 8.10. The molecule has 0 aromatic heterocycles. The maximum atomic E-state index is 13.2. The number of carbonyl (C=O) groups is 1. The van der Waals surface area contributed by atoms with Gasteiger partial charge in [-0.1, -0.05) is 22.0 Å². The lowest BCUT2D eigenvalue weighted by molar-refractivity contribution is -0.139. The predicted octanol–water partition coefficient (Wildman–Crippen LogP) is 2.05. The van der Waals surface area contributed by atoms with Crippen LogP contribution in [0.25, 0.3) is 0 Å². The molecule has 90 valence electrons. The minimum atomic E-state index is -0.596. The van der Waals surface area contributed by atoms with Gasteiger partial charge in [0.15, 0.2) is 0 Å². The van der Waals surface area contributed by atoms with E-state index in [0.29, 0.717) is 5.69 Å². The van der Waals surface area contributed by atoms with E-state index in [1.165, 1.54) is 19.2 Å². The zero-order valence-electron chi connectivity index (χ0n) is 9.04. The van der Waals surface area contributed by atoms with E-state index in [4.69, 9.17) is 5.26 Å². The van der Waals surface area contributed by atoms with E-state index in [1.807, 2.05) is 0 Å². The quantitative estimate of drug-likeness (QED) is 0.683. The molecule has 0 heterocycles. The lowest BCUT2D eigenvalue weighted by Gasteiger charge is -2.11. The Kier molecular flexibility index (Phi) is 4.91. The summed E-state index contributed by atoms with van der Waals surface area (Å²) in [6.45, 7) is 0.199. The van der Waals surface area contributed by atoms with Crippen LogP contribution in [0.4, 0.5) is 10.1 Å². The summed E-state index contributed by atoms with van der Waals surface area (Å²) in [5.74, 6) is -1.03. The van der Waals surface area contributed by atoms with Crippen LogP contribution in [-0.2, 0) is 9.53 Å². The predicted molar refractivity (Wildman–Crippen MR) is 64.3 cm³/mol. The summed E-state index contributed by atoms with van der Waals surface area (Å²) in [5.41, 5.74) is 0.276. The number of anilines is 1. The highest BCUT2D eigenvalue weighted by atomic mass is 79.9. The number of nitriles is 1. The van der Waals surface area contributed by atoms with E-state index < -0.39 is 16.6 Å². The zero-order valence-corrected chi connectivity index (χ0v) is 10.6. The Hall–Kier alpha value is -1.61. The van der Waals surface area contributed by atoms with Gasteiger partial charge in [-0.25, -0.2) is 4.39 Å². The Balaban J connectivity index is 2.74. The number of hydrogen-bond acceptors (Lipinski definition) is 4. The molecule has 0 aliphatic carbocycles. The summed E-state index contributed by atoms with van der Waals surface area (Å²) in [4.78, 5) is 10.6. The maximum absolute atomic E-state index is 13.2. The summed E-state index contributed by atoms with van der Waals surface area (Å²) >= 11 is 3.11. The van der Waals surface area contributed by atoms with Crippen molar-refractivity contribution in [3.05, 3.63) is 29.6 Å². The molecular weight excluding hydrogens is 291 g/mol. The highest BCUT2D eigenvalue weighted by Crippen LogP contribution is 2.18. The molecule has 4 nitrogen and oxygen atoms in total. The lowest BCUT2D eigenvalue weighted by atomic mass is 10.2. The summed E-state index contributed by atoms with van der Waals surface area (Å²) in [5, 5.41) is 11.6. The van der Waals surface area contributed by atoms with Gasteiger partial charge in [0.05, 0.1) is 12.8 Å². The number of hydrogen-bond donors (Lipinski definition) is 1. The van der Waals surface area contributed by atoms with Crippen LogP contribution in [0, 0.1) is 17.1 Å². The topological polar surface area (TPSA) is 62.1 Å². The van der Waals surface area contributed by atoms with Gasteiger partial charge in [0.1, 0.15) is 22.3 Å². The summed E-state index contributed by atoms with van der Waals surface area (Å²) in [6, 6.07) is 6.02. The number of halogens is 2. The monoisotopic (exact) mass is 300 g/mol. The Bertz CT molecular complexity index is 459. The number of methoxy groups -OCH3 is 1. The van der Waals surface area contributed by atoms with Crippen LogP contribution in [0.15, 0.2) is 18.2 Å². The second-order valence-corrected chi connectivity index (χ2v) is 4.25. The number of nitrogens with zero attached hydrogens (tertiary/aromatic N) is 1. The summed E-state index contributed by atoms with van der Waals surface area (Å²) in [6.07, 6.45) is 0. The van der Waals surface area contributed by atoms with Gasteiger partial charge in [-0.05, 0) is 12.1 Å². The van der Waals surface area contributed by atoms with E-state index in [9.17, 15) is 9.18 Å². The minimum absolute atomic E-state index is 0.0722. The van der Waals surface area contributed by atoms with E-state index in [0.717, 1.165) is 0 Å². The van der Waals surface area contributed by atoms with Crippen molar-refractivity contribution in [3.8, 4) is 6.07 Å². The fourth-order valence-electron chi connectivity index (χ4n) is 1.20. The molecule has 0 bridgehead atoms. The normalized spacial score (nSPS) is 11.4. The molecule has 1 aromatic rings. The number of esters is 1. The lowest BCUT2D eigenvalue weighted by Crippen LogP contribution is -2.24. The first-order valence-corrected chi connectivity index (χ1v) is 5.66. The fraction of sp³-hybridized carbons (Fsp3) is 0.273. The zero-order chi connectivity index (χ0) is 12.8. The number of rotatable bonds is 4. The van der Waals surface area contributed by atoms with Gasteiger partial charge in [-0.2, -0.15) is 5.26 Å². The largest absolute Gasteiger partial charge is 0.468 e. The van der Waals surface area contributed by atoms with Gasteiger partial charge >= 0.3 is 5.97 Å². The van der Waals surface area contributed by atoms with Crippen LogP contribution in [0.2, 0.25) is 0 Å². The molecular formula is C11H10BrFN2O2. The molecule has 1 atom stereocenters. The molecule has 1 unspecified atom stereocenters. The van der Waals surface area contributed by atoms with Gasteiger partial charge in [-0.3, -0.25) is 4.79 Å². The van der Waals surface area contributed by atoms with Gasteiger partial charge in [0.25, 0.3) is 0 Å². The standard InChI is InChI=1S/C11H10BrFN2O2/c1-17-11(16)8(12)6-15-10-4-2-3-9(13)7(10)5-14/h2-4,8,15H,6H2,1H3. The summed E-state index contributed by atoms with van der Waals surface area (Å²) in [7, 11) is 1.28. The van der Waals surface area contributed by atoms with E-state index >= 15 is 0 Å². The first-order valence-electron chi connectivity index (χ1n) is 4.74.